The minimum absolute atomic E-state index is 0.00183. The summed E-state index contributed by atoms with van der Waals surface area (Å²) in [6, 6.07) is 3.03. The van der Waals surface area contributed by atoms with Crippen molar-refractivity contribution < 1.29 is 9.18 Å². The molecule has 18 heavy (non-hydrogen) atoms. The number of carbonyl (C=O) groups is 1. The zero-order chi connectivity index (χ0) is 13.1. The molecule has 3 nitrogen and oxygen atoms in total. The van der Waals surface area contributed by atoms with E-state index in [-0.39, 0.29) is 17.6 Å². The van der Waals surface area contributed by atoms with Gasteiger partial charge in [0.05, 0.1) is 10.4 Å². The summed E-state index contributed by atoms with van der Waals surface area (Å²) in [6.07, 6.45) is 1.92. The molecule has 2 rings (SSSR count). The molecule has 0 saturated carbocycles. The second-order valence-corrected chi connectivity index (χ2v) is 5.47. The highest BCUT2D eigenvalue weighted by Crippen LogP contribution is 2.25. The van der Waals surface area contributed by atoms with Crippen LogP contribution in [-0.4, -0.2) is 19.0 Å². The molecule has 1 aliphatic rings. The second kappa shape index (κ2) is 5.80. The first-order valence-corrected chi connectivity index (χ1v) is 6.84. The molecule has 0 spiro atoms. The molecule has 0 radical (unpaired) electrons. The number of piperidine rings is 1. The second-order valence-electron chi connectivity index (χ2n) is 4.61. The molecule has 0 unspecified atom stereocenters. The van der Waals surface area contributed by atoms with Crippen molar-refractivity contribution in [3.8, 4) is 0 Å². The predicted molar refractivity (Wildman–Crippen MR) is 73.1 cm³/mol. The molecule has 1 amide bonds. The SMILES string of the molecule is Cc1cc(F)c(Br)cc1NC(=O)[C@H]1CCCNC1. The standard InChI is InChI=1S/C13H16BrFN2O/c1-8-5-11(15)10(14)6-12(8)17-13(18)9-3-2-4-16-7-9/h5-6,9,16H,2-4,7H2,1H3,(H,17,18)/t9-/m0/s1. The summed E-state index contributed by atoms with van der Waals surface area (Å²) in [5, 5.41) is 6.08. The fourth-order valence-electron chi connectivity index (χ4n) is 2.09. The monoisotopic (exact) mass is 314 g/mol. The molecule has 1 aliphatic heterocycles. The number of carbonyl (C=O) groups excluding carboxylic acids is 1. The number of anilines is 1. The zero-order valence-electron chi connectivity index (χ0n) is 10.2. The normalized spacial score (nSPS) is 19.6. The molecule has 1 aromatic carbocycles. The molecule has 2 N–H and O–H groups in total. The van der Waals surface area contributed by atoms with Gasteiger partial charge in [-0.25, -0.2) is 4.39 Å². The van der Waals surface area contributed by atoms with Crippen molar-refractivity contribution in [2.45, 2.75) is 19.8 Å². The first-order chi connectivity index (χ1) is 8.58. The zero-order valence-corrected chi connectivity index (χ0v) is 11.8. The predicted octanol–water partition coefficient (Wildman–Crippen LogP) is 2.83. The highest BCUT2D eigenvalue weighted by atomic mass is 79.9. The van der Waals surface area contributed by atoms with E-state index in [0.717, 1.165) is 24.9 Å². The maximum atomic E-state index is 13.3. The minimum Gasteiger partial charge on any atom is -0.326 e. The van der Waals surface area contributed by atoms with Gasteiger partial charge >= 0.3 is 0 Å². The first-order valence-electron chi connectivity index (χ1n) is 6.05. The smallest absolute Gasteiger partial charge is 0.228 e. The lowest BCUT2D eigenvalue weighted by atomic mass is 9.98. The largest absolute Gasteiger partial charge is 0.326 e. The Morgan fingerprint density at radius 3 is 3.00 bits per heavy atom. The number of hydrogen-bond donors (Lipinski definition) is 2. The lowest BCUT2D eigenvalue weighted by molar-refractivity contribution is -0.120. The van der Waals surface area contributed by atoms with Gasteiger partial charge in [0.1, 0.15) is 5.82 Å². The Kier molecular flexibility index (Phi) is 4.35. The summed E-state index contributed by atoms with van der Waals surface area (Å²) in [4.78, 5) is 12.1. The molecule has 1 saturated heterocycles. The van der Waals surface area contributed by atoms with Crippen molar-refractivity contribution in [2.75, 3.05) is 18.4 Å². The van der Waals surface area contributed by atoms with Gasteiger partial charge in [-0.05, 0) is 59.9 Å². The van der Waals surface area contributed by atoms with Crippen LogP contribution in [0.5, 0.6) is 0 Å². The summed E-state index contributed by atoms with van der Waals surface area (Å²) in [5.74, 6) is -0.310. The topological polar surface area (TPSA) is 41.1 Å². The third kappa shape index (κ3) is 3.09. The van der Waals surface area contributed by atoms with Crippen LogP contribution in [0.15, 0.2) is 16.6 Å². The summed E-state index contributed by atoms with van der Waals surface area (Å²) < 4.78 is 13.6. The van der Waals surface area contributed by atoms with E-state index >= 15 is 0 Å². The van der Waals surface area contributed by atoms with Gasteiger partial charge in [-0.1, -0.05) is 0 Å². The summed E-state index contributed by atoms with van der Waals surface area (Å²) in [6.45, 7) is 3.47. The van der Waals surface area contributed by atoms with E-state index in [4.69, 9.17) is 0 Å². The fourth-order valence-corrected chi connectivity index (χ4v) is 2.43. The number of rotatable bonds is 2. The van der Waals surface area contributed by atoms with Crippen LogP contribution in [0.1, 0.15) is 18.4 Å². The van der Waals surface area contributed by atoms with Gasteiger partial charge < -0.3 is 10.6 Å². The quantitative estimate of drug-likeness (QED) is 0.881. The lowest BCUT2D eigenvalue weighted by Gasteiger charge is -2.22. The van der Waals surface area contributed by atoms with E-state index < -0.39 is 0 Å². The van der Waals surface area contributed by atoms with Gasteiger partial charge in [-0.15, -0.1) is 0 Å². The average molecular weight is 315 g/mol. The van der Waals surface area contributed by atoms with E-state index in [1.165, 1.54) is 6.07 Å². The highest BCUT2D eigenvalue weighted by Gasteiger charge is 2.21. The number of hydrogen-bond acceptors (Lipinski definition) is 2. The first kappa shape index (κ1) is 13.5. The van der Waals surface area contributed by atoms with Gasteiger partial charge in [-0.3, -0.25) is 4.79 Å². The van der Waals surface area contributed by atoms with Crippen molar-refractivity contribution in [1.82, 2.24) is 5.32 Å². The molecule has 0 aromatic heterocycles. The molecule has 1 atom stereocenters. The Bertz CT molecular complexity index is 459. The lowest BCUT2D eigenvalue weighted by Crippen LogP contribution is -2.37. The summed E-state index contributed by atoms with van der Waals surface area (Å²) >= 11 is 3.13. The Morgan fingerprint density at radius 1 is 1.56 bits per heavy atom. The maximum absolute atomic E-state index is 13.3. The van der Waals surface area contributed by atoms with Crippen molar-refractivity contribution in [1.29, 1.82) is 0 Å². The van der Waals surface area contributed by atoms with Crippen LogP contribution in [0.2, 0.25) is 0 Å². The minimum atomic E-state index is -0.315. The molecule has 5 heteroatoms. The van der Waals surface area contributed by atoms with E-state index in [2.05, 4.69) is 26.6 Å². The molecule has 0 aliphatic carbocycles. The molecule has 98 valence electrons. The van der Waals surface area contributed by atoms with Crippen molar-refractivity contribution in [3.63, 3.8) is 0 Å². The number of aryl methyl sites for hydroxylation is 1. The van der Waals surface area contributed by atoms with Crippen LogP contribution in [0, 0.1) is 18.7 Å². The van der Waals surface area contributed by atoms with Crippen molar-refractivity contribution >= 4 is 27.5 Å². The Labute approximate surface area is 114 Å². The Balaban J connectivity index is 2.08. The number of nitrogens with one attached hydrogen (secondary N) is 2. The van der Waals surface area contributed by atoms with Gasteiger partial charge in [0.25, 0.3) is 0 Å². The third-order valence-corrected chi connectivity index (χ3v) is 3.80. The summed E-state index contributed by atoms with van der Waals surface area (Å²) in [7, 11) is 0. The fraction of sp³-hybridized carbons (Fsp3) is 0.462. The summed E-state index contributed by atoms with van der Waals surface area (Å²) in [5.41, 5.74) is 1.40. The van der Waals surface area contributed by atoms with Crippen molar-refractivity contribution in [3.05, 3.63) is 28.0 Å². The van der Waals surface area contributed by atoms with Crippen LogP contribution >= 0.6 is 15.9 Å². The van der Waals surface area contributed by atoms with Crippen LogP contribution in [0.4, 0.5) is 10.1 Å². The van der Waals surface area contributed by atoms with Crippen molar-refractivity contribution in [2.24, 2.45) is 5.92 Å². The van der Waals surface area contributed by atoms with Crippen LogP contribution in [-0.2, 0) is 4.79 Å². The van der Waals surface area contributed by atoms with Gasteiger partial charge in [0.2, 0.25) is 5.91 Å². The van der Waals surface area contributed by atoms with E-state index in [1.54, 1.807) is 13.0 Å². The molecule has 1 aromatic rings. The van der Waals surface area contributed by atoms with Gasteiger partial charge in [-0.2, -0.15) is 0 Å². The molecule has 0 bridgehead atoms. The molecule has 1 fully saturated rings. The Hall–Kier alpha value is -0.940. The third-order valence-electron chi connectivity index (χ3n) is 3.19. The Morgan fingerprint density at radius 2 is 2.33 bits per heavy atom. The van der Waals surface area contributed by atoms with Crippen LogP contribution < -0.4 is 10.6 Å². The molecule has 1 heterocycles. The van der Waals surface area contributed by atoms with E-state index in [9.17, 15) is 9.18 Å². The molecular weight excluding hydrogens is 299 g/mol. The van der Waals surface area contributed by atoms with E-state index in [0.29, 0.717) is 16.7 Å². The van der Waals surface area contributed by atoms with E-state index in [1.807, 2.05) is 0 Å². The highest BCUT2D eigenvalue weighted by molar-refractivity contribution is 9.10. The maximum Gasteiger partial charge on any atom is 0.228 e. The number of halogens is 2. The van der Waals surface area contributed by atoms with Gasteiger partial charge in [0, 0.05) is 12.2 Å². The average Bonchev–Trinajstić information content (AvgIpc) is 2.37. The van der Waals surface area contributed by atoms with Crippen LogP contribution in [0.3, 0.4) is 0 Å². The van der Waals surface area contributed by atoms with Gasteiger partial charge in [0.15, 0.2) is 0 Å². The number of benzene rings is 1. The number of amides is 1. The molecular formula is C13H16BrFN2O. The van der Waals surface area contributed by atoms with Crippen LogP contribution in [0.25, 0.3) is 0 Å².